The molecule has 23 nitrogen and oxygen atoms in total. The summed E-state index contributed by atoms with van der Waals surface area (Å²) in [5.41, 5.74) is 1.98. The van der Waals surface area contributed by atoms with Crippen LogP contribution in [0.3, 0.4) is 0 Å². The number of carboxylic acid groups (broad SMARTS) is 1. The van der Waals surface area contributed by atoms with E-state index in [1.54, 1.807) is 35.8 Å². The first-order valence-corrected chi connectivity index (χ1v) is 24.3. The molecule has 2 aromatic heterocycles. The average molecular weight is 1030 g/mol. The molecule has 4 aromatic rings. The second kappa shape index (κ2) is 22.3. The number of ether oxygens (including phenoxy) is 4. The van der Waals surface area contributed by atoms with Gasteiger partial charge in [-0.25, -0.2) is 19.4 Å². The molecule has 1 saturated heterocycles. The highest BCUT2D eigenvalue weighted by molar-refractivity contribution is 6.12. The number of hydrogen-bond donors (Lipinski definition) is 8. The fourth-order valence-corrected chi connectivity index (χ4v) is 9.32. The summed E-state index contributed by atoms with van der Waals surface area (Å²) in [5.74, 6) is -4.35. The van der Waals surface area contributed by atoms with Crippen LogP contribution in [-0.2, 0) is 74.8 Å². The lowest BCUT2D eigenvalue weighted by Crippen LogP contribution is -2.61. The van der Waals surface area contributed by atoms with Gasteiger partial charge in [0.25, 0.3) is 17.4 Å². The van der Waals surface area contributed by atoms with Gasteiger partial charge >= 0.3 is 18.0 Å². The Morgan fingerprint density at radius 2 is 1.64 bits per heavy atom. The number of aromatic nitrogens is 2. The molecule has 74 heavy (non-hydrogen) atoms. The Hall–Kier alpha value is -7.57. The van der Waals surface area contributed by atoms with Gasteiger partial charge in [-0.3, -0.25) is 34.2 Å². The number of aryl methyl sites for hydroxylation is 1. The van der Waals surface area contributed by atoms with Gasteiger partial charge in [-0.05, 0) is 79.6 Å². The fraction of sp³-hybridized carbons (Fsp3) is 0.431. The highest BCUT2D eigenvalue weighted by atomic mass is 16.7. The molecular weight excluding hydrogens is 969 g/mol. The number of hydrogen-bond acceptors (Lipinski definition) is 17. The lowest BCUT2D eigenvalue weighted by molar-refractivity contribution is -0.271. The smallest absolute Gasteiger partial charge is 0.411 e. The van der Waals surface area contributed by atoms with Crippen LogP contribution in [-0.4, -0.2) is 125 Å². The molecule has 0 saturated carbocycles. The zero-order valence-electron chi connectivity index (χ0n) is 40.5. The molecule has 0 spiro atoms. The first kappa shape index (κ1) is 52.7. The van der Waals surface area contributed by atoms with Crippen LogP contribution in [0.15, 0.2) is 59.4 Å². The maximum absolute atomic E-state index is 13.9. The second-order valence-corrected chi connectivity index (χ2v) is 18.4. The molecule has 23 heteroatoms. The number of benzene rings is 2. The molecule has 2 aromatic carbocycles. The van der Waals surface area contributed by atoms with Gasteiger partial charge in [0, 0.05) is 60.3 Å². The van der Waals surface area contributed by atoms with E-state index in [0.29, 0.717) is 53.8 Å². The van der Waals surface area contributed by atoms with Gasteiger partial charge in [-0.1, -0.05) is 32.8 Å². The Kier molecular flexibility index (Phi) is 15.9. The summed E-state index contributed by atoms with van der Waals surface area (Å²) in [7, 11) is 0. The number of unbranched alkanes of at least 4 members (excludes halogenated alkanes) is 3. The molecule has 0 radical (unpaired) electrons. The van der Waals surface area contributed by atoms with Crippen molar-refractivity contribution in [2.75, 3.05) is 23.7 Å². The Balaban J connectivity index is 0.941. The molecule has 6 heterocycles. The Morgan fingerprint density at radius 3 is 2.36 bits per heavy atom. The SMILES string of the molecule is CCCCc1c2c(nc3ccc(NC(=O)OCc4ccc(OC5OC(C(=O)O)[C@@H](O)C(O)[C@H]5O)c(NC(=O)CCNC(=O)CCCCCN5C(=O)C=CC5=O)c4)cc13)-c1cc3c(c(=O)n1C2)COC(=O)[C@]3(O)CC. The number of pyridine rings is 2. The van der Waals surface area contributed by atoms with Crippen molar-refractivity contribution in [3.63, 3.8) is 0 Å². The number of fused-ring (bicyclic) bond motifs is 5. The van der Waals surface area contributed by atoms with Crippen molar-refractivity contribution in [1.82, 2.24) is 19.8 Å². The predicted octanol–water partition coefficient (Wildman–Crippen LogP) is 2.37. The zero-order valence-corrected chi connectivity index (χ0v) is 40.5. The molecule has 4 aliphatic rings. The number of imide groups is 1. The summed E-state index contributed by atoms with van der Waals surface area (Å²) in [4.78, 5) is 107. The van der Waals surface area contributed by atoms with Gasteiger partial charge in [0.05, 0.1) is 34.7 Å². The van der Waals surface area contributed by atoms with Crippen LogP contribution in [0.1, 0.15) is 93.0 Å². The lowest BCUT2D eigenvalue weighted by Gasteiger charge is -2.38. The first-order valence-electron chi connectivity index (χ1n) is 24.3. The van der Waals surface area contributed by atoms with Gasteiger partial charge in [-0.2, -0.15) is 0 Å². The van der Waals surface area contributed by atoms with E-state index in [9.17, 15) is 63.9 Å². The van der Waals surface area contributed by atoms with E-state index in [4.69, 9.17) is 23.9 Å². The molecule has 6 atom stereocenters. The fourth-order valence-electron chi connectivity index (χ4n) is 9.32. The number of amides is 5. The van der Waals surface area contributed by atoms with Crippen LogP contribution in [0.4, 0.5) is 16.2 Å². The number of aliphatic carboxylic acids is 1. The van der Waals surface area contributed by atoms with E-state index < -0.39 is 60.2 Å². The Labute approximate surface area is 422 Å². The van der Waals surface area contributed by atoms with Gasteiger partial charge in [0.2, 0.25) is 18.1 Å². The summed E-state index contributed by atoms with van der Waals surface area (Å²) in [5, 5.41) is 60.8. The standard InChI is InChI=1S/C51H56N6O17/c1-3-5-9-28-29-21-27(12-13-33(29)55-41-30(28)23-57-35(41)22-32-31(46(57)65)25-71-49(68)51(32,70)4-2)53-50(69)72-24-26-11-14-36(73-48-44(64)42(62)43(63)45(74-48)47(66)67)34(20-26)54-38(59)17-18-52-37(58)10-7-6-8-19-56-39(60)15-16-40(56)61/h11-16,20-22,42-45,48,62-64,70H,3-10,17-19,23-25H2,1-2H3,(H,52,58)(H,53,69)(H,54,59)(H,66,67)/t42?,43-,44+,45?,48?,51-/m0/s1. The van der Waals surface area contributed by atoms with E-state index in [-0.39, 0.29) is 98.0 Å². The molecule has 3 unspecified atom stereocenters. The van der Waals surface area contributed by atoms with Crippen LogP contribution >= 0.6 is 0 Å². The summed E-state index contributed by atoms with van der Waals surface area (Å²) >= 11 is 0. The van der Waals surface area contributed by atoms with Crippen molar-refractivity contribution >= 4 is 63.9 Å². The highest BCUT2D eigenvalue weighted by Crippen LogP contribution is 2.41. The molecule has 8 rings (SSSR count). The second-order valence-electron chi connectivity index (χ2n) is 18.4. The van der Waals surface area contributed by atoms with E-state index in [1.165, 1.54) is 30.4 Å². The van der Waals surface area contributed by atoms with Crippen LogP contribution in [0.2, 0.25) is 0 Å². The zero-order chi connectivity index (χ0) is 53.0. The number of carbonyl (C=O) groups excluding carboxylic acids is 6. The molecule has 1 fully saturated rings. The molecule has 8 N–H and O–H groups in total. The third kappa shape index (κ3) is 10.9. The first-order chi connectivity index (χ1) is 35.4. The summed E-state index contributed by atoms with van der Waals surface area (Å²) < 4.78 is 23.4. The minimum atomic E-state index is -1.99. The normalized spacial score (nSPS) is 21.7. The number of anilines is 2. The molecule has 4 aliphatic heterocycles. The maximum Gasteiger partial charge on any atom is 0.411 e. The van der Waals surface area contributed by atoms with Gasteiger partial charge in [-0.15, -0.1) is 0 Å². The summed E-state index contributed by atoms with van der Waals surface area (Å²) in [6.07, 6.45) is -4.45. The van der Waals surface area contributed by atoms with Crippen molar-refractivity contribution in [1.29, 1.82) is 0 Å². The Morgan fingerprint density at radius 1 is 0.865 bits per heavy atom. The van der Waals surface area contributed by atoms with Crippen LogP contribution in [0, 0.1) is 0 Å². The third-order valence-corrected chi connectivity index (χ3v) is 13.4. The number of nitrogens with zero attached hydrogens (tertiary/aromatic N) is 3. The van der Waals surface area contributed by atoms with E-state index in [1.807, 2.05) is 6.92 Å². The van der Waals surface area contributed by atoms with Crippen molar-refractivity contribution in [3.05, 3.63) is 92.8 Å². The quantitative estimate of drug-likeness (QED) is 0.0315. The number of aliphatic hydroxyl groups is 4. The summed E-state index contributed by atoms with van der Waals surface area (Å²) in [6, 6.07) is 10.9. The van der Waals surface area contributed by atoms with Crippen LogP contribution in [0.25, 0.3) is 22.3 Å². The number of aliphatic hydroxyl groups excluding tert-OH is 3. The monoisotopic (exact) mass is 1020 g/mol. The topological polar surface area (TPSA) is 332 Å². The number of carboxylic acids is 1. The van der Waals surface area contributed by atoms with Gasteiger partial charge < -0.3 is 59.7 Å². The van der Waals surface area contributed by atoms with Crippen LogP contribution in [0.5, 0.6) is 5.75 Å². The molecule has 0 aliphatic carbocycles. The predicted molar refractivity (Wildman–Crippen MR) is 259 cm³/mol. The van der Waals surface area contributed by atoms with Crippen molar-refractivity contribution in [2.24, 2.45) is 0 Å². The van der Waals surface area contributed by atoms with Crippen LogP contribution < -0.4 is 26.2 Å². The molecular formula is C51H56N6O17. The Bertz CT molecular complexity index is 2990. The number of rotatable bonds is 20. The van der Waals surface area contributed by atoms with Gasteiger partial charge in [0.15, 0.2) is 11.7 Å². The van der Waals surface area contributed by atoms with Crippen molar-refractivity contribution in [3.8, 4) is 17.1 Å². The number of carbonyl (C=O) groups is 7. The molecule has 0 bridgehead atoms. The van der Waals surface area contributed by atoms with Crippen molar-refractivity contribution < 1.29 is 78.0 Å². The number of nitrogens with one attached hydrogen (secondary N) is 3. The minimum absolute atomic E-state index is 0.00373. The highest BCUT2D eigenvalue weighted by Gasteiger charge is 2.49. The van der Waals surface area contributed by atoms with Crippen molar-refractivity contribution in [2.45, 2.75) is 128 Å². The third-order valence-electron chi connectivity index (χ3n) is 13.4. The number of cyclic esters (lactones) is 1. The summed E-state index contributed by atoms with van der Waals surface area (Å²) in [6.45, 7) is 3.42. The van der Waals surface area contributed by atoms with E-state index >= 15 is 0 Å². The minimum Gasteiger partial charge on any atom is -0.479 e. The average Bonchev–Trinajstić information content (AvgIpc) is 3.91. The van der Waals surface area contributed by atoms with E-state index in [0.717, 1.165) is 34.3 Å². The number of esters is 1. The molecule has 392 valence electrons. The van der Waals surface area contributed by atoms with Gasteiger partial charge in [0.1, 0.15) is 37.3 Å². The maximum atomic E-state index is 13.9. The molecule has 5 amide bonds. The lowest BCUT2D eigenvalue weighted by atomic mass is 9.86. The van der Waals surface area contributed by atoms with E-state index in [2.05, 4.69) is 16.0 Å². The largest absolute Gasteiger partial charge is 0.479 e.